The summed E-state index contributed by atoms with van der Waals surface area (Å²) < 4.78 is 4.74. The molecule has 0 atom stereocenters. The van der Waals surface area contributed by atoms with Crippen molar-refractivity contribution in [2.75, 3.05) is 13.8 Å². The molecule has 0 aromatic heterocycles. The van der Waals surface area contributed by atoms with E-state index in [0.717, 1.165) is 5.56 Å². The number of methoxy groups -OCH3 is 1. The van der Waals surface area contributed by atoms with Crippen molar-refractivity contribution in [1.29, 1.82) is 0 Å². The molecule has 0 heterocycles. The van der Waals surface area contributed by atoms with Gasteiger partial charge >= 0.3 is 0 Å². The van der Waals surface area contributed by atoms with E-state index in [0.29, 0.717) is 5.56 Å². The Kier molecular flexibility index (Phi) is 3.46. The number of benzene rings is 1. The van der Waals surface area contributed by atoms with Gasteiger partial charge in [0.15, 0.2) is 0 Å². The maximum absolute atomic E-state index is 11.4. The van der Waals surface area contributed by atoms with E-state index < -0.39 is 0 Å². The molecule has 1 aromatic carbocycles. The van der Waals surface area contributed by atoms with Gasteiger partial charge in [0, 0.05) is 12.7 Å². The molecule has 13 heavy (non-hydrogen) atoms. The van der Waals surface area contributed by atoms with E-state index in [9.17, 15) is 4.79 Å². The molecule has 0 radical (unpaired) electrons. The quantitative estimate of drug-likeness (QED) is 0.711. The highest BCUT2D eigenvalue weighted by Gasteiger charge is 2.05. The molecule has 0 spiro atoms. The topological polar surface area (TPSA) is 38.3 Å². The van der Waals surface area contributed by atoms with Crippen molar-refractivity contribution in [3.63, 3.8) is 0 Å². The summed E-state index contributed by atoms with van der Waals surface area (Å²) >= 11 is 0. The Hall–Kier alpha value is -1.35. The Morgan fingerprint density at radius 3 is 2.77 bits per heavy atom. The summed E-state index contributed by atoms with van der Waals surface area (Å²) in [6.07, 6.45) is 0. The summed E-state index contributed by atoms with van der Waals surface area (Å²) in [7, 11) is 1.54. The first-order valence-corrected chi connectivity index (χ1v) is 4.08. The van der Waals surface area contributed by atoms with Crippen LogP contribution < -0.4 is 5.32 Å². The van der Waals surface area contributed by atoms with Gasteiger partial charge in [-0.15, -0.1) is 0 Å². The summed E-state index contributed by atoms with van der Waals surface area (Å²) in [5, 5.41) is 2.63. The second-order valence-corrected chi connectivity index (χ2v) is 2.75. The average Bonchev–Trinajstić information content (AvgIpc) is 2.15. The van der Waals surface area contributed by atoms with Crippen LogP contribution in [0.25, 0.3) is 0 Å². The van der Waals surface area contributed by atoms with Crippen molar-refractivity contribution in [3.8, 4) is 0 Å². The summed E-state index contributed by atoms with van der Waals surface area (Å²) in [5.41, 5.74) is 1.66. The van der Waals surface area contributed by atoms with E-state index in [1.165, 1.54) is 7.11 Å². The molecule has 0 aliphatic carbocycles. The van der Waals surface area contributed by atoms with Crippen LogP contribution >= 0.6 is 0 Å². The predicted octanol–water partition coefficient (Wildman–Crippen LogP) is 1.33. The van der Waals surface area contributed by atoms with Crippen molar-refractivity contribution in [3.05, 3.63) is 35.4 Å². The lowest BCUT2D eigenvalue weighted by molar-refractivity contribution is 0.0871. The monoisotopic (exact) mass is 179 g/mol. The molecule has 0 unspecified atom stereocenters. The van der Waals surface area contributed by atoms with Crippen LogP contribution in [-0.2, 0) is 4.74 Å². The van der Waals surface area contributed by atoms with Crippen LogP contribution in [-0.4, -0.2) is 19.7 Å². The van der Waals surface area contributed by atoms with Gasteiger partial charge < -0.3 is 10.1 Å². The Labute approximate surface area is 77.7 Å². The molecular formula is C10H13NO2. The SMILES string of the molecule is COCNC(=O)c1ccccc1C. The molecule has 0 aliphatic rings. The van der Waals surface area contributed by atoms with Gasteiger partial charge in [0.1, 0.15) is 6.73 Å². The minimum absolute atomic E-state index is 0.0973. The van der Waals surface area contributed by atoms with Crippen molar-refractivity contribution < 1.29 is 9.53 Å². The highest BCUT2D eigenvalue weighted by Crippen LogP contribution is 2.05. The molecule has 0 saturated carbocycles. The van der Waals surface area contributed by atoms with Gasteiger partial charge in [-0.3, -0.25) is 4.79 Å². The van der Waals surface area contributed by atoms with Crippen LogP contribution in [0, 0.1) is 6.92 Å². The van der Waals surface area contributed by atoms with Crippen LogP contribution in [0.5, 0.6) is 0 Å². The van der Waals surface area contributed by atoms with Crippen LogP contribution in [0.2, 0.25) is 0 Å². The van der Waals surface area contributed by atoms with Crippen molar-refractivity contribution in [2.24, 2.45) is 0 Å². The van der Waals surface area contributed by atoms with Crippen molar-refractivity contribution >= 4 is 5.91 Å². The summed E-state index contributed by atoms with van der Waals surface area (Å²) in [4.78, 5) is 11.4. The molecule has 0 aliphatic heterocycles. The number of carbonyl (C=O) groups is 1. The zero-order valence-corrected chi connectivity index (χ0v) is 7.83. The third-order valence-corrected chi connectivity index (χ3v) is 1.77. The van der Waals surface area contributed by atoms with Crippen LogP contribution in [0.1, 0.15) is 15.9 Å². The number of rotatable bonds is 3. The molecule has 1 aromatic rings. The maximum atomic E-state index is 11.4. The van der Waals surface area contributed by atoms with E-state index in [1.54, 1.807) is 6.07 Å². The number of hydrogen-bond donors (Lipinski definition) is 1. The standard InChI is InChI=1S/C10H13NO2/c1-8-5-3-4-6-9(8)10(12)11-7-13-2/h3-6H,7H2,1-2H3,(H,11,12). The lowest BCUT2D eigenvalue weighted by Gasteiger charge is -2.05. The van der Waals surface area contributed by atoms with Crippen LogP contribution in [0.4, 0.5) is 0 Å². The summed E-state index contributed by atoms with van der Waals surface area (Å²) in [6, 6.07) is 7.44. The van der Waals surface area contributed by atoms with E-state index in [-0.39, 0.29) is 12.6 Å². The third-order valence-electron chi connectivity index (χ3n) is 1.77. The zero-order valence-electron chi connectivity index (χ0n) is 7.83. The fourth-order valence-electron chi connectivity index (χ4n) is 1.06. The number of amides is 1. The minimum Gasteiger partial charge on any atom is -0.364 e. The smallest absolute Gasteiger partial charge is 0.253 e. The molecule has 0 bridgehead atoms. The van der Waals surface area contributed by atoms with Gasteiger partial charge in [-0.1, -0.05) is 18.2 Å². The van der Waals surface area contributed by atoms with Gasteiger partial charge in [0.05, 0.1) is 0 Å². The van der Waals surface area contributed by atoms with E-state index in [4.69, 9.17) is 4.74 Å². The second kappa shape index (κ2) is 4.62. The molecule has 70 valence electrons. The summed E-state index contributed by atoms with van der Waals surface area (Å²) in [5.74, 6) is -0.0973. The normalized spacial score (nSPS) is 9.69. The van der Waals surface area contributed by atoms with E-state index >= 15 is 0 Å². The molecule has 3 nitrogen and oxygen atoms in total. The fourth-order valence-corrected chi connectivity index (χ4v) is 1.06. The Morgan fingerprint density at radius 2 is 2.15 bits per heavy atom. The Morgan fingerprint density at radius 1 is 1.46 bits per heavy atom. The maximum Gasteiger partial charge on any atom is 0.253 e. The zero-order chi connectivity index (χ0) is 9.68. The average molecular weight is 179 g/mol. The number of nitrogens with one attached hydrogen (secondary N) is 1. The predicted molar refractivity (Wildman–Crippen MR) is 50.5 cm³/mol. The highest BCUT2D eigenvalue weighted by molar-refractivity contribution is 5.95. The first-order valence-electron chi connectivity index (χ1n) is 4.08. The second-order valence-electron chi connectivity index (χ2n) is 2.75. The lowest BCUT2D eigenvalue weighted by Crippen LogP contribution is -2.25. The molecule has 0 saturated heterocycles. The molecule has 1 N–H and O–H groups in total. The van der Waals surface area contributed by atoms with Gasteiger partial charge in [0.25, 0.3) is 5.91 Å². The van der Waals surface area contributed by atoms with Gasteiger partial charge in [0.2, 0.25) is 0 Å². The van der Waals surface area contributed by atoms with Crippen LogP contribution in [0.15, 0.2) is 24.3 Å². The number of ether oxygens (including phenoxy) is 1. The van der Waals surface area contributed by atoms with Crippen molar-refractivity contribution in [1.82, 2.24) is 5.32 Å². The molecule has 1 rings (SSSR count). The minimum atomic E-state index is -0.0973. The Bertz CT molecular complexity index is 297. The largest absolute Gasteiger partial charge is 0.364 e. The molecular weight excluding hydrogens is 166 g/mol. The molecule has 1 amide bonds. The summed E-state index contributed by atoms with van der Waals surface area (Å²) in [6.45, 7) is 2.15. The highest BCUT2D eigenvalue weighted by atomic mass is 16.5. The van der Waals surface area contributed by atoms with E-state index in [1.807, 2.05) is 25.1 Å². The molecule has 3 heteroatoms. The van der Waals surface area contributed by atoms with Gasteiger partial charge in [-0.25, -0.2) is 0 Å². The lowest BCUT2D eigenvalue weighted by atomic mass is 10.1. The number of carbonyl (C=O) groups excluding carboxylic acids is 1. The first-order chi connectivity index (χ1) is 6.25. The van der Waals surface area contributed by atoms with Crippen LogP contribution in [0.3, 0.4) is 0 Å². The number of hydrogen-bond acceptors (Lipinski definition) is 2. The number of aryl methyl sites for hydroxylation is 1. The first kappa shape index (κ1) is 9.74. The fraction of sp³-hybridized carbons (Fsp3) is 0.300. The van der Waals surface area contributed by atoms with E-state index in [2.05, 4.69) is 5.32 Å². The third kappa shape index (κ3) is 2.56. The Balaban J connectivity index is 2.71. The van der Waals surface area contributed by atoms with Crippen molar-refractivity contribution in [2.45, 2.75) is 6.92 Å². The van der Waals surface area contributed by atoms with Gasteiger partial charge in [-0.05, 0) is 18.6 Å². The molecule has 0 fully saturated rings. The van der Waals surface area contributed by atoms with Gasteiger partial charge in [-0.2, -0.15) is 0 Å².